The van der Waals surface area contributed by atoms with Crippen LogP contribution in [0.1, 0.15) is 19.4 Å². The Kier molecular flexibility index (Phi) is 6.45. The van der Waals surface area contributed by atoms with Gasteiger partial charge in [0.15, 0.2) is 0 Å². The van der Waals surface area contributed by atoms with Crippen molar-refractivity contribution in [3.63, 3.8) is 0 Å². The van der Waals surface area contributed by atoms with E-state index in [1.165, 1.54) is 20.0 Å². The number of nitrogens with two attached hydrogens (primary N) is 1. The highest BCUT2D eigenvalue weighted by Crippen LogP contribution is 2.04. The number of hydrogen-bond acceptors (Lipinski definition) is 6. The molecule has 0 saturated heterocycles. The molecule has 1 rings (SSSR count). The lowest BCUT2D eigenvalue weighted by Crippen LogP contribution is -2.50. The van der Waals surface area contributed by atoms with E-state index in [0.29, 0.717) is 0 Å². The molecule has 0 fully saturated rings. The number of aromatic amines is 1. The van der Waals surface area contributed by atoms with Crippen molar-refractivity contribution in [3.8, 4) is 0 Å². The van der Waals surface area contributed by atoms with E-state index in [1.807, 2.05) is 0 Å². The SMILES string of the molecule is CCOC(=O)[C@H](C)N(CC(N)=O)C(=O)Cn1cc(C)c(=O)[nH]c1=O. The molecule has 0 aliphatic rings. The van der Waals surface area contributed by atoms with Crippen LogP contribution in [0.5, 0.6) is 0 Å². The highest BCUT2D eigenvalue weighted by atomic mass is 16.5. The van der Waals surface area contributed by atoms with Gasteiger partial charge in [0, 0.05) is 11.8 Å². The third-order valence-electron chi connectivity index (χ3n) is 3.24. The Morgan fingerprint density at radius 1 is 1.38 bits per heavy atom. The third kappa shape index (κ3) is 4.80. The number of carbonyl (C=O) groups is 3. The van der Waals surface area contributed by atoms with Crippen LogP contribution >= 0.6 is 0 Å². The molecule has 2 amide bonds. The van der Waals surface area contributed by atoms with Gasteiger partial charge >= 0.3 is 11.7 Å². The monoisotopic (exact) mass is 340 g/mol. The van der Waals surface area contributed by atoms with Gasteiger partial charge in [-0.3, -0.25) is 23.9 Å². The molecule has 0 aliphatic heterocycles. The van der Waals surface area contributed by atoms with E-state index in [0.717, 1.165) is 9.47 Å². The van der Waals surface area contributed by atoms with Gasteiger partial charge in [0.05, 0.1) is 6.61 Å². The highest BCUT2D eigenvalue weighted by molar-refractivity contribution is 5.88. The Morgan fingerprint density at radius 2 is 2.00 bits per heavy atom. The number of H-pyrrole nitrogens is 1. The van der Waals surface area contributed by atoms with Gasteiger partial charge in [0.25, 0.3) is 5.56 Å². The van der Waals surface area contributed by atoms with Crippen molar-refractivity contribution < 1.29 is 19.1 Å². The van der Waals surface area contributed by atoms with E-state index in [-0.39, 0.29) is 12.2 Å². The fraction of sp³-hybridized carbons (Fsp3) is 0.500. The summed E-state index contributed by atoms with van der Waals surface area (Å²) in [5, 5.41) is 0. The minimum atomic E-state index is -1.05. The summed E-state index contributed by atoms with van der Waals surface area (Å²) < 4.78 is 5.80. The van der Waals surface area contributed by atoms with Crippen molar-refractivity contribution >= 4 is 17.8 Å². The van der Waals surface area contributed by atoms with Crippen molar-refractivity contribution in [1.82, 2.24) is 14.5 Å². The minimum Gasteiger partial charge on any atom is -0.464 e. The van der Waals surface area contributed by atoms with E-state index in [4.69, 9.17) is 10.5 Å². The predicted molar refractivity (Wildman–Crippen MR) is 83.1 cm³/mol. The minimum absolute atomic E-state index is 0.111. The molecule has 132 valence electrons. The summed E-state index contributed by atoms with van der Waals surface area (Å²) in [6, 6.07) is -1.05. The Hall–Kier alpha value is -2.91. The Morgan fingerprint density at radius 3 is 2.54 bits per heavy atom. The van der Waals surface area contributed by atoms with Crippen LogP contribution in [-0.4, -0.2) is 51.4 Å². The molecule has 10 heteroatoms. The van der Waals surface area contributed by atoms with E-state index >= 15 is 0 Å². The van der Waals surface area contributed by atoms with Crippen molar-refractivity contribution in [2.75, 3.05) is 13.2 Å². The number of rotatable bonds is 7. The number of aryl methyl sites for hydroxylation is 1. The molecule has 1 atom stereocenters. The van der Waals surface area contributed by atoms with Gasteiger partial charge < -0.3 is 15.4 Å². The first-order valence-electron chi connectivity index (χ1n) is 7.22. The zero-order chi connectivity index (χ0) is 18.4. The van der Waals surface area contributed by atoms with Crippen LogP contribution < -0.4 is 17.0 Å². The summed E-state index contributed by atoms with van der Waals surface area (Å²) >= 11 is 0. The zero-order valence-electron chi connectivity index (χ0n) is 13.7. The number of amides is 2. The number of aromatic nitrogens is 2. The smallest absolute Gasteiger partial charge is 0.328 e. The van der Waals surface area contributed by atoms with Crippen LogP contribution in [-0.2, 0) is 25.7 Å². The molecule has 1 heterocycles. The Bertz CT molecular complexity index is 750. The van der Waals surface area contributed by atoms with E-state index < -0.39 is 48.2 Å². The summed E-state index contributed by atoms with van der Waals surface area (Å²) in [4.78, 5) is 61.4. The van der Waals surface area contributed by atoms with Crippen LogP contribution in [0.15, 0.2) is 15.8 Å². The second kappa shape index (κ2) is 8.09. The maximum absolute atomic E-state index is 12.4. The lowest BCUT2D eigenvalue weighted by Gasteiger charge is -2.26. The van der Waals surface area contributed by atoms with Crippen molar-refractivity contribution in [2.45, 2.75) is 33.4 Å². The van der Waals surface area contributed by atoms with Crippen LogP contribution in [0.2, 0.25) is 0 Å². The van der Waals surface area contributed by atoms with Gasteiger partial charge in [-0.1, -0.05) is 0 Å². The van der Waals surface area contributed by atoms with E-state index in [2.05, 4.69) is 4.98 Å². The second-order valence-corrected chi connectivity index (χ2v) is 5.12. The molecule has 10 nitrogen and oxygen atoms in total. The maximum Gasteiger partial charge on any atom is 0.328 e. The van der Waals surface area contributed by atoms with Crippen LogP contribution in [0.25, 0.3) is 0 Å². The fourth-order valence-corrected chi connectivity index (χ4v) is 1.97. The van der Waals surface area contributed by atoms with E-state index in [9.17, 15) is 24.0 Å². The fourth-order valence-electron chi connectivity index (χ4n) is 1.97. The van der Waals surface area contributed by atoms with E-state index in [1.54, 1.807) is 6.92 Å². The lowest BCUT2D eigenvalue weighted by molar-refractivity contribution is -0.155. The molecule has 0 aliphatic carbocycles. The number of esters is 1. The molecular formula is C14H20N4O6. The van der Waals surface area contributed by atoms with Gasteiger partial charge in [0.1, 0.15) is 19.1 Å². The normalized spacial score (nSPS) is 11.6. The van der Waals surface area contributed by atoms with Gasteiger partial charge in [-0.25, -0.2) is 9.59 Å². The quantitative estimate of drug-likeness (QED) is 0.555. The Labute approximate surface area is 137 Å². The summed E-state index contributed by atoms with van der Waals surface area (Å²) in [5.74, 6) is -2.20. The third-order valence-corrected chi connectivity index (χ3v) is 3.24. The molecule has 1 aromatic heterocycles. The van der Waals surface area contributed by atoms with Crippen molar-refractivity contribution in [2.24, 2.45) is 5.73 Å². The maximum atomic E-state index is 12.4. The number of nitrogens with one attached hydrogen (secondary N) is 1. The number of hydrogen-bond donors (Lipinski definition) is 2. The first kappa shape index (κ1) is 19.1. The largest absolute Gasteiger partial charge is 0.464 e. The predicted octanol–water partition coefficient (Wildman–Crippen LogP) is -1.89. The average Bonchev–Trinajstić information content (AvgIpc) is 2.49. The number of carbonyl (C=O) groups excluding carboxylic acids is 3. The second-order valence-electron chi connectivity index (χ2n) is 5.12. The standard InChI is InChI=1S/C14H20N4O6/c1-4-24-13(22)9(3)18(6-10(15)19)11(20)7-17-5-8(2)12(21)16-14(17)23/h5,9H,4,6-7H2,1-3H3,(H2,15,19)(H,16,21,23)/t9-/m0/s1. The number of nitrogens with zero attached hydrogens (tertiary/aromatic N) is 2. The Balaban J connectivity index is 3.07. The molecule has 3 N–H and O–H groups in total. The summed E-state index contributed by atoms with van der Waals surface area (Å²) in [5.41, 5.74) is 4.01. The molecule has 0 spiro atoms. The highest BCUT2D eigenvalue weighted by Gasteiger charge is 2.28. The molecule has 0 bridgehead atoms. The molecule has 0 radical (unpaired) electrons. The zero-order valence-corrected chi connectivity index (χ0v) is 13.7. The topological polar surface area (TPSA) is 145 Å². The summed E-state index contributed by atoms with van der Waals surface area (Å²) in [6.45, 7) is 3.61. The number of ether oxygens (including phenoxy) is 1. The molecular weight excluding hydrogens is 320 g/mol. The van der Waals surface area contributed by atoms with Gasteiger partial charge in [-0.15, -0.1) is 0 Å². The molecule has 0 unspecified atom stereocenters. The van der Waals surface area contributed by atoms with Crippen LogP contribution in [0, 0.1) is 6.92 Å². The molecule has 0 aromatic carbocycles. The molecule has 1 aromatic rings. The number of primary amides is 1. The lowest BCUT2D eigenvalue weighted by atomic mass is 10.2. The van der Waals surface area contributed by atoms with Crippen LogP contribution in [0.3, 0.4) is 0 Å². The van der Waals surface area contributed by atoms with Crippen molar-refractivity contribution in [1.29, 1.82) is 0 Å². The van der Waals surface area contributed by atoms with Gasteiger partial charge in [-0.05, 0) is 20.8 Å². The molecule has 24 heavy (non-hydrogen) atoms. The van der Waals surface area contributed by atoms with Crippen LogP contribution in [0.4, 0.5) is 0 Å². The van der Waals surface area contributed by atoms with Gasteiger partial charge in [-0.2, -0.15) is 0 Å². The first-order chi connectivity index (χ1) is 11.2. The summed E-state index contributed by atoms with van der Waals surface area (Å²) in [7, 11) is 0. The van der Waals surface area contributed by atoms with Gasteiger partial charge in [0.2, 0.25) is 11.8 Å². The average molecular weight is 340 g/mol. The first-order valence-corrected chi connectivity index (χ1v) is 7.22. The van der Waals surface area contributed by atoms with Crippen molar-refractivity contribution in [3.05, 3.63) is 32.6 Å². The summed E-state index contributed by atoms with van der Waals surface area (Å²) in [6.07, 6.45) is 1.22. The molecule has 0 saturated carbocycles.